The molecule has 1 saturated heterocycles. The van der Waals surface area contributed by atoms with Gasteiger partial charge in [0.2, 0.25) is 0 Å². The number of carbonyl (C=O) groups is 2. The third-order valence-electron chi connectivity index (χ3n) is 3.27. The van der Waals surface area contributed by atoms with Crippen LogP contribution in [0.5, 0.6) is 0 Å². The van der Waals surface area contributed by atoms with E-state index in [0.29, 0.717) is 19.7 Å². The second-order valence-electron chi connectivity index (χ2n) is 4.96. The van der Waals surface area contributed by atoms with E-state index in [-0.39, 0.29) is 24.7 Å². The number of morpholine rings is 1. The maximum absolute atomic E-state index is 12.5. The van der Waals surface area contributed by atoms with Crippen molar-refractivity contribution < 1.29 is 19.4 Å². The fraction of sp³-hybridized carbons (Fsp3) is 0.846. The summed E-state index contributed by atoms with van der Waals surface area (Å²) >= 11 is 0. The highest BCUT2D eigenvalue weighted by Gasteiger charge is 2.32. The van der Waals surface area contributed by atoms with E-state index in [1.165, 1.54) is 4.90 Å². The van der Waals surface area contributed by atoms with Crippen LogP contribution in [0.4, 0.5) is 4.79 Å². The van der Waals surface area contributed by atoms with Gasteiger partial charge in [-0.05, 0) is 19.8 Å². The average molecular weight is 272 g/mol. The van der Waals surface area contributed by atoms with Gasteiger partial charge >= 0.3 is 12.0 Å². The Hall–Kier alpha value is -1.30. The topological polar surface area (TPSA) is 70.1 Å². The Morgan fingerprint density at radius 2 is 2.11 bits per heavy atom. The molecule has 0 saturated carbocycles. The van der Waals surface area contributed by atoms with E-state index < -0.39 is 5.97 Å². The van der Waals surface area contributed by atoms with Gasteiger partial charge in [0.1, 0.15) is 6.54 Å². The highest BCUT2D eigenvalue weighted by molar-refractivity contribution is 5.80. The number of nitrogens with zero attached hydrogens (tertiary/aromatic N) is 2. The number of amides is 2. The number of carboxylic acid groups (broad SMARTS) is 1. The average Bonchev–Trinajstić information content (AvgIpc) is 2.37. The molecular formula is C13H24N2O4. The van der Waals surface area contributed by atoms with Crippen LogP contribution in [-0.4, -0.2) is 65.3 Å². The summed E-state index contributed by atoms with van der Waals surface area (Å²) in [6.45, 7) is 7.14. The predicted octanol–water partition coefficient (Wildman–Crippen LogP) is 1.40. The maximum Gasteiger partial charge on any atom is 0.323 e. The third kappa shape index (κ3) is 4.38. The molecule has 110 valence electrons. The molecule has 1 N–H and O–H groups in total. The van der Waals surface area contributed by atoms with Crippen molar-refractivity contribution >= 4 is 12.0 Å². The van der Waals surface area contributed by atoms with Gasteiger partial charge in [-0.25, -0.2) is 4.79 Å². The molecule has 1 heterocycles. The first-order chi connectivity index (χ1) is 8.99. The monoisotopic (exact) mass is 272 g/mol. The van der Waals surface area contributed by atoms with Crippen LogP contribution < -0.4 is 0 Å². The summed E-state index contributed by atoms with van der Waals surface area (Å²) in [7, 11) is 0. The fourth-order valence-electron chi connectivity index (χ4n) is 2.27. The number of carboxylic acids is 1. The summed E-state index contributed by atoms with van der Waals surface area (Å²) in [5.74, 6) is -0.976. The van der Waals surface area contributed by atoms with Crippen molar-refractivity contribution in [3.05, 3.63) is 0 Å². The standard InChI is InChI=1S/C13H24N2O4/c1-4-6-14(8-12(16)17)13(18)15-7-10(3)19-9-11(15)5-2/h10-11H,4-9H2,1-3H3,(H,16,17). The quantitative estimate of drug-likeness (QED) is 0.821. The lowest BCUT2D eigenvalue weighted by Gasteiger charge is -2.40. The highest BCUT2D eigenvalue weighted by atomic mass is 16.5. The largest absolute Gasteiger partial charge is 0.480 e. The van der Waals surface area contributed by atoms with Crippen molar-refractivity contribution in [2.24, 2.45) is 0 Å². The molecule has 1 fully saturated rings. The lowest BCUT2D eigenvalue weighted by molar-refractivity contribution is -0.138. The first-order valence-electron chi connectivity index (χ1n) is 6.88. The first-order valence-corrected chi connectivity index (χ1v) is 6.88. The van der Waals surface area contributed by atoms with E-state index in [1.807, 2.05) is 20.8 Å². The highest BCUT2D eigenvalue weighted by Crippen LogP contribution is 2.16. The Morgan fingerprint density at radius 1 is 1.42 bits per heavy atom. The number of carbonyl (C=O) groups excluding carboxylic acids is 1. The Morgan fingerprint density at radius 3 is 2.63 bits per heavy atom. The number of aliphatic carboxylic acids is 1. The molecule has 0 aliphatic carbocycles. The van der Waals surface area contributed by atoms with Gasteiger partial charge in [0, 0.05) is 13.1 Å². The maximum atomic E-state index is 12.5. The van der Waals surface area contributed by atoms with Crippen LogP contribution in [0.1, 0.15) is 33.6 Å². The Labute approximate surface area is 114 Å². The molecule has 1 aliphatic rings. The van der Waals surface area contributed by atoms with Crippen molar-refractivity contribution in [2.75, 3.05) is 26.2 Å². The van der Waals surface area contributed by atoms with Crippen molar-refractivity contribution in [1.82, 2.24) is 9.80 Å². The molecule has 19 heavy (non-hydrogen) atoms. The van der Waals surface area contributed by atoms with Crippen LogP contribution in [0.3, 0.4) is 0 Å². The molecule has 0 bridgehead atoms. The molecule has 6 heteroatoms. The summed E-state index contributed by atoms with van der Waals surface area (Å²) < 4.78 is 5.55. The normalized spacial score (nSPS) is 23.2. The van der Waals surface area contributed by atoms with Gasteiger partial charge in [0.15, 0.2) is 0 Å². The number of hydrogen-bond acceptors (Lipinski definition) is 3. The molecule has 6 nitrogen and oxygen atoms in total. The molecule has 1 rings (SSSR count). The molecule has 0 spiro atoms. The van der Waals surface area contributed by atoms with Crippen LogP contribution in [-0.2, 0) is 9.53 Å². The molecule has 2 unspecified atom stereocenters. The number of urea groups is 1. The van der Waals surface area contributed by atoms with Crippen LogP contribution in [0.25, 0.3) is 0 Å². The van der Waals surface area contributed by atoms with E-state index in [9.17, 15) is 9.59 Å². The Balaban J connectivity index is 2.76. The summed E-state index contributed by atoms with van der Waals surface area (Å²) in [5, 5.41) is 8.90. The minimum atomic E-state index is -0.976. The molecule has 0 aromatic carbocycles. The third-order valence-corrected chi connectivity index (χ3v) is 3.27. The van der Waals surface area contributed by atoms with E-state index in [4.69, 9.17) is 9.84 Å². The van der Waals surface area contributed by atoms with Gasteiger partial charge in [-0.2, -0.15) is 0 Å². The van der Waals surface area contributed by atoms with Crippen LogP contribution in [0.2, 0.25) is 0 Å². The minimum Gasteiger partial charge on any atom is -0.480 e. The minimum absolute atomic E-state index is 0.0000505. The van der Waals surface area contributed by atoms with E-state index in [0.717, 1.165) is 12.8 Å². The van der Waals surface area contributed by atoms with E-state index in [2.05, 4.69) is 0 Å². The molecule has 2 amide bonds. The molecular weight excluding hydrogens is 248 g/mol. The lowest BCUT2D eigenvalue weighted by Crippen LogP contribution is -2.56. The molecule has 2 atom stereocenters. The lowest BCUT2D eigenvalue weighted by atomic mass is 10.1. The van der Waals surface area contributed by atoms with E-state index in [1.54, 1.807) is 4.90 Å². The second-order valence-corrected chi connectivity index (χ2v) is 4.96. The molecule has 0 radical (unpaired) electrons. The van der Waals surface area contributed by atoms with Crippen molar-refractivity contribution in [3.63, 3.8) is 0 Å². The van der Waals surface area contributed by atoms with Gasteiger partial charge in [0.25, 0.3) is 0 Å². The zero-order valence-corrected chi connectivity index (χ0v) is 12.0. The number of hydrogen-bond donors (Lipinski definition) is 1. The van der Waals surface area contributed by atoms with Gasteiger partial charge in [-0.15, -0.1) is 0 Å². The van der Waals surface area contributed by atoms with Crippen molar-refractivity contribution in [3.8, 4) is 0 Å². The zero-order chi connectivity index (χ0) is 14.4. The molecule has 0 aromatic rings. The number of rotatable bonds is 5. The van der Waals surface area contributed by atoms with Gasteiger partial charge in [-0.1, -0.05) is 13.8 Å². The molecule has 1 aliphatic heterocycles. The summed E-state index contributed by atoms with van der Waals surface area (Å²) in [5.41, 5.74) is 0. The first kappa shape index (κ1) is 15.8. The summed E-state index contributed by atoms with van der Waals surface area (Å²) in [6.07, 6.45) is 1.56. The Kier molecular flexibility index (Phi) is 6.08. The SMILES string of the molecule is CCCN(CC(=O)O)C(=O)N1CC(C)OCC1CC. The van der Waals surface area contributed by atoms with Crippen molar-refractivity contribution in [2.45, 2.75) is 45.8 Å². The van der Waals surface area contributed by atoms with Gasteiger partial charge in [0.05, 0.1) is 18.8 Å². The predicted molar refractivity (Wildman–Crippen MR) is 71.1 cm³/mol. The second kappa shape index (κ2) is 7.33. The van der Waals surface area contributed by atoms with Crippen LogP contribution in [0.15, 0.2) is 0 Å². The summed E-state index contributed by atoms with van der Waals surface area (Å²) in [4.78, 5) is 26.5. The van der Waals surface area contributed by atoms with Crippen LogP contribution in [0, 0.1) is 0 Å². The zero-order valence-electron chi connectivity index (χ0n) is 12.0. The number of ether oxygens (including phenoxy) is 1. The van der Waals surface area contributed by atoms with Crippen molar-refractivity contribution in [1.29, 1.82) is 0 Å². The summed E-state index contributed by atoms with van der Waals surface area (Å²) in [6, 6.07) is -0.150. The van der Waals surface area contributed by atoms with Gasteiger partial charge in [-0.3, -0.25) is 4.79 Å². The van der Waals surface area contributed by atoms with Crippen LogP contribution >= 0.6 is 0 Å². The Bertz CT molecular complexity index is 322. The smallest absolute Gasteiger partial charge is 0.323 e. The fourth-order valence-corrected chi connectivity index (χ4v) is 2.27. The van der Waals surface area contributed by atoms with Gasteiger partial charge < -0.3 is 19.6 Å². The van der Waals surface area contributed by atoms with E-state index >= 15 is 0 Å². The molecule has 0 aromatic heterocycles.